The van der Waals surface area contributed by atoms with Gasteiger partial charge in [-0.2, -0.15) is 5.10 Å². The van der Waals surface area contributed by atoms with Crippen molar-refractivity contribution in [2.45, 2.75) is 37.6 Å². The van der Waals surface area contributed by atoms with Crippen molar-refractivity contribution in [3.8, 4) is 0 Å². The number of nitrogens with zero attached hydrogens (tertiary/aromatic N) is 2. The highest BCUT2D eigenvalue weighted by Gasteiger charge is 2.24. The maximum Gasteiger partial charge on any atom is 0.336 e. The molecule has 0 bridgehead atoms. The number of aromatic nitrogens is 2. The fourth-order valence-electron chi connectivity index (χ4n) is 3.06. The van der Waals surface area contributed by atoms with Gasteiger partial charge in [-0.15, -0.1) is 0 Å². The van der Waals surface area contributed by atoms with E-state index in [9.17, 15) is 17.6 Å². The molecule has 0 radical (unpaired) electrons. The van der Waals surface area contributed by atoms with Crippen LogP contribution in [0.5, 0.6) is 0 Å². The third-order valence-electron chi connectivity index (χ3n) is 4.68. The highest BCUT2D eigenvalue weighted by Crippen LogP contribution is 2.27. The molecule has 2 heterocycles. The van der Waals surface area contributed by atoms with Gasteiger partial charge in [0.05, 0.1) is 34.1 Å². The summed E-state index contributed by atoms with van der Waals surface area (Å²) < 4.78 is 48.8. The number of hydrogen-bond donors (Lipinski definition) is 2. The van der Waals surface area contributed by atoms with Crippen LogP contribution in [0.25, 0.3) is 0 Å². The van der Waals surface area contributed by atoms with E-state index in [0.29, 0.717) is 18.9 Å². The van der Waals surface area contributed by atoms with Crippen molar-refractivity contribution in [1.82, 2.24) is 9.78 Å². The van der Waals surface area contributed by atoms with E-state index in [-0.39, 0.29) is 17.3 Å². The Morgan fingerprint density at radius 2 is 2.00 bits per heavy atom. The van der Waals surface area contributed by atoms with Crippen LogP contribution in [0.1, 0.15) is 40.5 Å². The standard InChI is InChI=1S/C17H20FN3O5S/c1-10-14(17(22)23)7-13(8-15(10)18)27(24,25)20-16-9-19-21(11(16)2)12-3-5-26-6-4-12/h7-9,12,20H,3-6H2,1-2H3,(H,22,23). The minimum atomic E-state index is -4.18. The van der Waals surface area contributed by atoms with Crippen LogP contribution in [-0.2, 0) is 14.8 Å². The van der Waals surface area contributed by atoms with Crippen LogP contribution in [0, 0.1) is 19.7 Å². The fourth-order valence-corrected chi connectivity index (χ4v) is 4.20. The Kier molecular flexibility index (Phi) is 5.20. The van der Waals surface area contributed by atoms with E-state index in [4.69, 9.17) is 9.84 Å². The van der Waals surface area contributed by atoms with Crippen molar-refractivity contribution in [3.05, 3.63) is 41.0 Å². The number of hydrogen-bond acceptors (Lipinski definition) is 5. The third kappa shape index (κ3) is 3.81. The first-order chi connectivity index (χ1) is 12.7. The lowest BCUT2D eigenvalue weighted by atomic mass is 10.1. The summed E-state index contributed by atoms with van der Waals surface area (Å²) in [6.07, 6.45) is 2.95. The molecule has 0 atom stereocenters. The molecule has 1 aliphatic rings. The first-order valence-corrected chi connectivity index (χ1v) is 9.87. The molecule has 8 nitrogen and oxygen atoms in total. The van der Waals surface area contributed by atoms with Gasteiger partial charge in [0.2, 0.25) is 0 Å². The van der Waals surface area contributed by atoms with Crippen LogP contribution in [0.2, 0.25) is 0 Å². The van der Waals surface area contributed by atoms with E-state index in [2.05, 4.69) is 9.82 Å². The molecule has 0 saturated carbocycles. The number of aromatic carboxylic acids is 1. The van der Waals surface area contributed by atoms with Gasteiger partial charge in [0.25, 0.3) is 10.0 Å². The lowest BCUT2D eigenvalue weighted by Gasteiger charge is -2.23. The molecule has 1 aromatic heterocycles. The first kappa shape index (κ1) is 19.3. The fraction of sp³-hybridized carbons (Fsp3) is 0.412. The molecule has 0 unspecified atom stereocenters. The smallest absolute Gasteiger partial charge is 0.336 e. The number of rotatable bonds is 5. The van der Waals surface area contributed by atoms with Crippen molar-refractivity contribution in [3.63, 3.8) is 0 Å². The van der Waals surface area contributed by atoms with Gasteiger partial charge >= 0.3 is 5.97 Å². The molecule has 27 heavy (non-hydrogen) atoms. The van der Waals surface area contributed by atoms with Gasteiger partial charge in [-0.3, -0.25) is 9.40 Å². The van der Waals surface area contributed by atoms with E-state index >= 15 is 0 Å². The number of ether oxygens (including phenoxy) is 1. The molecule has 0 amide bonds. The van der Waals surface area contributed by atoms with Crippen LogP contribution in [0.4, 0.5) is 10.1 Å². The molecule has 3 rings (SSSR count). The molecule has 0 aliphatic carbocycles. The molecule has 1 fully saturated rings. The predicted molar refractivity (Wildman–Crippen MR) is 95.0 cm³/mol. The molecule has 0 spiro atoms. The summed E-state index contributed by atoms with van der Waals surface area (Å²) in [5.74, 6) is -2.29. The summed E-state index contributed by atoms with van der Waals surface area (Å²) in [5.41, 5.74) is 0.367. The van der Waals surface area contributed by atoms with Crippen molar-refractivity contribution in [2.24, 2.45) is 0 Å². The molecule has 10 heteroatoms. The number of sulfonamides is 1. The number of halogens is 1. The first-order valence-electron chi connectivity index (χ1n) is 8.39. The Morgan fingerprint density at radius 1 is 1.33 bits per heavy atom. The molecule has 146 valence electrons. The second-order valence-corrected chi connectivity index (χ2v) is 8.10. The predicted octanol–water partition coefficient (Wildman–Crippen LogP) is 2.49. The van der Waals surface area contributed by atoms with E-state index < -0.39 is 32.3 Å². The van der Waals surface area contributed by atoms with E-state index in [0.717, 1.165) is 25.0 Å². The average molecular weight is 397 g/mol. The van der Waals surface area contributed by atoms with Crippen LogP contribution in [-0.4, -0.2) is 42.5 Å². The quantitative estimate of drug-likeness (QED) is 0.802. The largest absolute Gasteiger partial charge is 0.478 e. The van der Waals surface area contributed by atoms with E-state index in [1.807, 2.05) is 0 Å². The molecule has 2 aromatic rings. The second-order valence-electron chi connectivity index (χ2n) is 6.42. The van der Waals surface area contributed by atoms with E-state index in [1.165, 1.54) is 13.1 Å². The topological polar surface area (TPSA) is 111 Å². The van der Waals surface area contributed by atoms with Crippen molar-refractivity contribution >= 4 is 21.7 Å². The zero-order valence-corrected chi connectivity index (χ0v) is 15.7. The summed E-state index contributed by atoms with van der Waals surface area (Å²) in [5, 5.41) is 13.4. The average Bonchev–Trinajstić information content (AvgIpc) is 2.97. The zero-order chi connectivity index (χ0) is 19.8. The number of carboxylic acid groups (broad SMARTS) is 1. The van der Waals surface area contributed by atoms with Crippen molar-refractivity contribution in [2.75, 3.05) is 17.9 Å². The normalized spacial score (nSPS) is 15.7. The van der Waals surface area contributed by atoms with Crippen LogP contribution >= 0.6 is 0 Å². The van der Waals surface area contributed by atoms with Crippen LogP contribution in [0.3, 0.4) is 0 Å². The number of carboxylic acids is 1. The number of anilines is 1. The molecule has 1 aliphatic heterocycles. The summed E-state index contributed by atoms with van der Waals surface area (Å²) in [6.45, 7) is 4.25. The lowest BCUT2D eigenvalue weighted by Crippen LogP contribution is -2.21. The van der Waals surface area contributed by atoms with Crippen LogP contribution < -0.4 is 4.72 Å². The molecular weight excluding hydrogens is 377 g/mol. The van der Waals surface area contributed by atoms with Crippen molar-refractivity contribution < 1.29 is 27.4 Å². The second kappa shape index (κ2) is 7.28. The summed E-state index contributed by atoms with van der Waals surface area (Å²) in [6, 6.07) is 1.87. The monoisotopic (exact) mass is 397 g/mol. The van der Waals surface area contributed by atoms with Gasteiger partial charge in [-0.25, -0.2) is 17.6 Å². The third-order valence-corrected chi connectivity index (χ3v) is 6.03. The van der Waals surface area contributed by atoms with Crippen LogP contribution in [0.15, 0.2) is 23.2 Å². The number of benzene rings is 1. The summed E-state index contributed by atoms with van der Waals surface area (Å²) in [4.78, 5) is 10.8. The minimum absolute atomic E-state index is 0.118. The lowest BCUT2D eigenvalue weighted by molar-refractivity contribution is 0.0657. The summed E-state index contributed by atoms with van der Waals surface area (Å²) in [7, 11) is -4.18. The molecule has 2 N–H and O–H groups in total. The van der Waals surface area contributed by atoms with Gasteiger partial charge in [0.1, 0.15) is 5.82 Å². The van der Waals surface area contributed by atoms with Crippen molar-refractivity contribution in [1.29, 1.82) is 0 Å². The Labute approximate surface area is 156 Å². The maximum atomic E-state index is 14.0. The molecule has 1 saturated heterocycles. The zero-order valence-electron chi connectivity index (χ0n) is 14.9. The Bertz CT molecular complexity index is 981. The Balaban J connectivity index is 1.91. The van der Waals surface area contributed by atoms with E-state index in [1.54, 1.807) is 11.6 Å². The minimum Gasteiger partial charge on any atom is -0.478 e. The highest BCUT2D eigenvalue weighted by atomic mass is 32.2. The summed E-state index contributed by atoms with van der Waals surface area (Å²) >= 11 is 0. The Hall–Kier alpha value is -2.46. The SMILES string of the molecule is Cc1c(F)cc(S(=O)(=O)Nc2cnn(C3CCOCC3)c2C)cc1C(=O)O. The maximum absolute atomic E-state index is 14.0. The van der Waals surface area contributed by atoms with Gasteiger partial charge in [0, 0.05) is 13.2 Å². The highest BCUT2D eigenvalue weighted by molar-refractivity contribution is 7.92. The molecular formula is C17H20FN3O5S. The Morgan fingerprint density at radius 3 is 2.63 bits per heavy atom. The number of carbonyl (C=O) groups is 1. The molecule has 1 aromatic carbocycles. The number of nitrogens with one attached hydrogen (secondary N) is 1. The van der Waals surface area contributed by atoms with Gasteiger partial charge in [-0.1, -0.05) is 0 Å². The van der Waals surface area contributed by atoms with Gasteiger partial charge < -0.3 is 9.84 Å². The van der Waals surface area contributed by atoms with Gasteiger partial charge in [-0.05, 0) is 44.4 Å². The van der Waals surface area contributed by atoms with Gasteiger partial charge in [0.15, 0.2) is 0 Å².